The molecule has 2 aromatic rings. The van der Waals surface area contributed by atoms with Gasteiger partial charge in [0, 0.05) is 13.6 Å². The van der Waals surface area contributed by atoms with Gasteiger partial charge in [0.25, 0.3) is 0 Å². The van der Waals surface area contributed by atoms with Crippen molar-refractivity contribution < 1.29 is 12.8 Å². The third-order valence-electron chi connectivity index (χ3n) is 3.01. The van der Waals surface area contributed by atoms with Crippen molar-refractivity contribution in [3.8, 4) is 0 Å². The summed E-state index contributed by atoms with van der Waals surface area (Å²) in [6, 6.07) is 10.8. The van der Waals surface area contributed by atoms with Gasteiger partial charge in [-0.1, -0.05) is 24.3 Å². The van der Waals surface area contributed by atoms with Crippen molar-refractivity contribution in [2.75, 3.05) is 7.05 Å². The Hall–Kier alpha value is -1.63. The lowest BCUT2D eigenvalue weighted by atomic mass is 10.1. The van der Waals surface area contributed by atoms with Crippen LogP contribution < -0.4 is 5.73 Å². The molecule has 6 heteroatoms. The predicted molar refractivity (Wildman–Crippen MR) is 77.1 cm³/mol. The van der Waals surface area contributed by atoms with E-state index in [1.54, 1.807) is 25.2 Å². The van der Waals surface area contributed by atoms with Gasteiger partial charge in [-0.3, -0.25) is 0 Å². The van der Waals surface area contributed by atoms with Crippen molar-refractivity contribution in [1.29, 1.82) is 0 Å². The Balaban J connectivity index is 2.09. The van der Waals surface area contributed by atoms with Crippen molar-refractivity contribution in [3.05, 3.63) is 59.5 Å². The van der Waals surface area contributed by atoms with E-state index in [1.807, 2.05) is 18.2 Å². The van der Waals surface area contributed by atoms with Crippen LogP contribution in [-0.4, -0.2) is 19.8 Å². The highest BCUT2D eigenvalue weighted by Gasteiger charge is 2.19. The zero-order valence-electron chi connectivity index (χ0n) is 11.3. The summed E-state index contributed by atoms with van der Waals surface area (Å²) in [4.78, 5) is 0. The van der Waals surface area contributed by atoms with E-state index in [9.17, 15) is 8.42 Å². The fourth-order valence-electron chi connectivity index (χ4n) is 1.89. The van der Waals surface area contributed by atoms with E-state index >= 15 is 0 Å². The molecule has 0 radical (unpaired) electrons. The molecule has 20 heavy (non-hydrogen) atoms. The standard InChI is InChI=1S/C14H18N2O3S/c1-16(10-14-6-3-7-19-14)20(17,18)11-13-5-2-4-12(8-13)9-15/h2-8H,9-11,15H2,1H3. The van der Waals surface area contributed by atoms with Crippen molar-refractivity contribution in [1.82, 2.24) is 4.31 Å². The molecule has 1 heterocycles. The fourth-order valence-corrected chi connectivity index (χ4v) is 3.03. The van der Waals surface area contributed by atoms with Crippen molar-refractivity contribution in [2.45, 2.75) is 18.8 Å². The molecular formula is C14H18N2O3S. The molecule has 1 aromatic carbocycles. The SMILES string of the molecule is CN(Cc1ccco1)S(=O)(=O)Cc1cccc(CN)c1. The second-order valence-corrected chi connectivity index (χ2v) is 6.69. The number of benzene rings is 1. The highest BCUT2D eigenvalue weighted by Crippen LogP contribution is 2.14. The van der Waals surface area contributed by atoms with E-state index in [2.05, 4.69) is 0 Å². The monoisotopic (exact) mass is 294 g/mol. The van der Waals surface area contributed by atoms with E-state index in [-0.39, 0.29) is 12.3 Å². The maximum atomic E-state index is 12.3. The number of sulfonamides is 1. The van der Waals surface area contributed by atoms with Gasteiger partial charge in [0.15, 0.2) is 0 Å². The second kappa shape index (κ2) is 6.21. The highest BCUT2D eigenvalue weighted by molar-refractivity contribution is 7.88. The first-order valence-corrected chi connectivity index (χ1v) is 7.86. The molecule has 0 atom stereocenters. The second-order valence-electron chi connectivity index (χ2n) is 4.62. The van der Waals surface area contributed by atoms with E-state index in [0.717, 1.165) is 11.1 Å². The lowest BCUT2D eigenvalue weighted by molar-refractivity contribution is 0.406. The average molecular weight is 294 g/mol. The molecule has 2 N–H and O–H groups in total. The molecule has 0 bridgehead atoms. The Morgan fingerprint density at radius 3 is 2.60 bits per heavy atom. The van der Waals surface area contributed by atoms with Gasteiger partial charge < -0.3 is 10.2 Å². The first-order chi connectivity index (χ1) is 9.51. The topological polar surface area (TPSA) is 76.5 Å². The van der Waals surface area contributed by atoms with Gasteiger partial charge in [0.1, 0.15) is 5.76 Å². The highest BCUT2D eigenvalue weighted by atomic mass is 32.2. The minimum atomic E-state index is -3.38. The van der Waals surface area contributed by atoms with Gasteiger partial charge in [-0.15, -0.1) is 0 Å². The summed E-state index contributed by atoms with van der Waals surface area (Å²) in [6.07, 6.45) is 1.53. The number of hydrogen-bond donors (Lipinski definition) is 1. The lowest BCUT2D eigenvalue weighted by Gasteiger charge is -2.16. The maximum absolute atomic E-state index is 12.3. The molecule has 0 aliphatic heterocycles. The van der Waals surface area contributed by atoms with Crippen LogP contribution in [-0.2, 0) is 28.9 Å². The van der Waals surface area contributed by atoms with Gasteiger partial charge >= 0.3 is 0 Å². The van der Waals surface area contributed by atoms with Crippen LogP contribution in [0, 0.1) is 0 Å². The van der Waals surface area contributed by atoms with Gasteiger partial charge in [0.2, 0.25) is 10.0 Å². The normalized spacial score (nSPS) is 11.9. The molecular weight excluding hydrogens is 276 g/mol. The summed E-state index contributed by atoms with van der Waals surface area (Å²) in [5.74, 6) is 0.574. The Labute approximate surface area is 119 Å². The summed E-state index contributed by atoms with van der Waals surface area (Å²) in [5.41, 5.74) is 7.22. The van der Waals surface area contributed by atoms with Crippen molar-refractivity contribution in [3.63, 3.8) is 0 Å². The summed E-state index contributed by atoms with van der Waals surface area (Å²) in [6.45, 7) is 0.627. The largest absolute Gasteiger partial charge is 0.468 e. The van der Waals surface area contributed by atoms with Crippen LogP contribution in [0.5, 0.6) is 0 Å². The zero-order chi connectivity index (χ0) is 14.6. The molecule has 0 amide bonds. The minimum absolute atomic E-state index is 0.0436. The Bertz CT molecular complexity index is 651. The molecule has 0 aliphatic rings. The fraction of sp³-hybridized carbons (Fsp3) is 0.286. The number of furan rings is 1. The Morgan fingerprint density at radius 2 is 1.95 bits per heavy atom. The number of nitrogens with two attached hydrogens (primary N) is 1. The Kier molecular flexibility index (Phi) is 4.59. The van der Waals surface area contributed by atoms with Crippen molar-refractivity contribution >= 4 is 10.0 Å². The molecule has 0 saturated carbocycles. The van der Waals surface area contributed by atoms with Gasteiger partial charge in [-0.2, -0.15) is 4.31 Å². The van der Waals surface area contributed by atoms with E-state index in [1.165, 1.54) is 10.6 Å². The summed E-state index contributed by atoms with van der Waals surface area (Å²) in [7, 11) is -1.84. The third kappa shape index (κ3) is 3.69. The summed E-state index contributed by atoms with van der Waals surface area (Å²) in [5, 5.41) is 0. The predicted octanol–water partition coefficient (Wildman–Crippen LogP) is 1.70. The van der Waals surface area contributed by atoms with Crippen LogP contribution in [0.25, 0.3) is 0 Å². The number of rotatable bonds is 6. The third-order valence-corrected chi connectivity index (χ3v) is 4.79. The lowest BCUT2D eigenvalue weighted by Crippen LogP contribution is -2.27. The van der Waals surface area contributed by atoms with Gasteiger partial charge in [0.05, 0.1) is 18.6 Å². The zero-order valence-corrected chi connectivity index (χ0v) is 12.1. The van der Waals surface area contributed by atoms with Crippen LogP contribution in [0.2, 0.25) is 0 Å². The van der Waals surface area contributed by atoms with Crippen LogP contribution in [0.3, 0.4) is 0 Å². The van der Waals surface area contributed by atoms with Gasteiger partial charge in [-0.25, -0.2) is 8.42 Å². The molecule has 5 nitrogen and oxygen atoms in total. The van der Waals surface area contributed by atoms with E-state index in [4.69, 9.17) is 10.2 Å². The van der Waals surface area contributed by atoms with Crippen LogP contribution in [0.1, 0.15) is 16.9 Å². The summed E-state index contributed by atoms with van der Waals surface area (Å²) < 4.78 is 31.0. The van der Waals surface area contributed by atoms with Crippen LogP contribution in [0.15, 0.2) is 47.1 Å². The number of hydrogen-bond acceptors (Lipinski definition) is 4. The van der Waals surface area contributed by atoms with Crippen LogP contribution >= 0.6 is 0 Å². The minimum Gasteiger partial charge on any atom is -0.468 e. The smallest absolute Gasteiger partial charge is 0.218 e. The quantitative estimate of drug-likeness (QED) is 0.879. The maximum Gasteiger partial charge on any atom is 0.218 e. The summed E-state index contributed by atoms with van der Waals surface area (Å²) >= 11 is 0. The first-order valence-electron chi connectivity index (χ1n) is 6.25. The number of nitrogens with zero attached hydrogens (tertiary/aromatic N) is 1. The Morgan fingerprint density at radius 1 is 1.20 bits per heavy atom. The average Bonchev–Trinajstić information content (AvgIpc) is 2.91. The van der Waals surface area contributed by atoms with E-state index < -0.39 is 10.0 Å². The molecule has 2 rings (SSSR count). The van der Waals surface area contributed by atoms with Crippen LogP contribution in [0.4, 0.5) is 0 Å². The van der Waals surface area contributed by atoms with Crippen molar-refractivity contribution in [2.24, 2.45) is 5.73 Å². The molecule has 1 aromatic heterocycles. The molecule has 0 aliphatic carbocycles. The molecule has 0 spiro atoms. The first kappa shape index (κ1) is 14.8. The molecule has 0 unspecified atom stereocenters. The molecule has 0 saturated heterocycles. The van der Waals surface area contributed by atoms with E-state index in [0.29, 0.717) is 12.3 Å². The molecule has 0 fully saturated rings. The van der Waals surface area contributed by atoms with Gasteiger partial charge in [-0.05, 0) is 23.3 Å². The molecule has 108 valence electrons.